The van der Waals surface area contributed by atoms with Gasteiger partial charge in [-0.25, -0.2) is 8.78 Å². The minimum Gasteiger partial charge on any atom is -0.332 e. The van der Waals surface area contributed by atoms with Gasteiger partial charge in [-0.3, -0.25) is 14.9 Å². The van der Waals surface area contributed by atoms with Crippen LogP contribution in [0.4, 0.5) is 14.5 Å². The number of alkyl halides is 3. The lowest BCUT2D eigenvalue weighted by Crippen LogP contribution is -2.36. The number of nitro benzene ring substituents is 1. The summed E-state index contributed by atoms with van der Waals surface area (Å²) in [5.74, 6) is -0.596. The topological polar surface area (TPSA) is 63.4 Å². The Labute approximate surface area is 112 Å². The molecule has 0 bridgehead atoms. The van der Waals surface area contributed by atoms with E-state index in [1.807, 2.05) is 0 Å². The summed E-state index contributed by atoms with van der Waals surface area (Å²) >= 11 is 5.45. The molecule has 0 unspecified atom stereocenters. The Morgan fingerprint density at radius 1 is 1.37 bits per heavy atom. The van der Waals surface area contributed by atoms with Crippen LogP contribution in [0.1, 0.15) is 10.4 Å². The molecular weight excluding hydrogens is 282 g/mol. The molecule has 0 aliphatic carbocycles. The second kappa shape index (κ2) is 6.98. The molecule has 5 nitrogen and oxygen atoms in total. The Morgan fingerprint density at radius 3 is 2.37 bits per heavy atom. The Bertz CT molecular complexity index is 454. The fourth-order valence-electron chi connectivity index (χ4n) is 1.45. The molecule has 1 amide bonds. The summed E-state index contributed by atoms with van der Waals surface area (Å²) in [6, 6.07) is 4.75. The van der Waals surface area contributed by atoms with Crippen LogP contribution in [0.3, 0.4) is 0 Å². The smallest absolute Gasteiger partial charge is 0.269 e. The highest BCUT2D eigenvalue weighted by molar-refractivity contribution is 6.18. The standard InChI is InChI=1S/C11H11ClF2N2O3/c12-5-6-15(7-10(13)14)11(17)8-1-3-9(4-2-8)16(18)19/h1-4,10H,5-7H2. The Hall–Kier alpha value is -1.76. The molecule has 0 saturated carbocycles. The molecule has 0 aliphatic heterocycles. The summed E-state index contributed by atoms with van der Waals surface area (Å²) < 4.78 is 24.7. The SMILES string of the molecule is O=C(c1ccc([N+](=O)[O-])cc1)N(CCCl)CC(F)F. The highest BCUT2D eigenvalue weighted by Crippen LogP contribution is 2.14. The molecule has 0 fully saturated rings. The van der Waals surface area contributed by atoms with Gasteiger partial charge in [-0.15, -0.1) is 11.6 Å². The van der Waals surface area contributed by atoms with Crippen molar-refractivity contribution in [2.75, 3.05) is 19.0 Å². The molecule has 8 heteroatoms. The van der Waals surface area contributed by atoms with Crippen molar-refractivity contribution in [3.8, 4) is 0 Å². The van der Waals surface area contributed by atoms with Crippen LogP contribution >= 0.6 is 11.6 Å². The molecule has 0 saturated heterocycles. The normalized spacial score (nSPS) is 10.5. The second-order valence-electron chi connectivity index (χ2n) is 3.64. The van der Waals surface area contributed by atoms with Crippen LogP contribution in [0.25, 0.3) is 0 Å². The average molecular weight is 293 g/mol. The first-order valence-electron chi connectivity index (χ1n) is 5.33. The zero-order valence-electron chi connectivity index (χ0n) is 9.76. The van der Waals surface area contributed by atoms with Gasteiger partial charge in [-0.05, 0) is 12.1 Å². The van der Waals surface area contributed by atoms with E-state index in [0.29, 0.717) is 0 Å². The van der Waals surface area contributed by atoms with E-state index in [9.17, 15) is 23.7 Å². The number of carbonyl (C=O) groups excluding carboxylic acids is 1. The van der Waals surface area contributed by atoms with E-state index in [2.05, 4.69) is 0 Å². The number of rotatable bonds is 6. The molecule has 104 valence electrons. The van der Waals surface area contributed by atoms with Gasteiger partial charge in [0, 0.05) is 30.1 Å². The van der Waals surface area contributed by atoms with E-state index in [0.717, 1.165) is 17.0 Å². The number of hydrogen-bond acceptors (Lipinski definition) is 3. The lowest BCUT2D eigenvalue weighted by molar-refractivity contribution is -0.384. The summed E-state index contributed by atoms with van der Waals surface area (Å²) in [7, 11) is 0. The summed E-state index contributed by atoms with van der Waals surface area (Å²) in [5, 5.41) is 10.5. The van der Waals surface area contributed by atoms with Crippen molar-refractivity contribution >= 4 is 23.2 Å². The molecule has 0 radical (unpaired) electrons. The second-order valence-corrected chi connectivity index (χ2v) is 4.01. The van der Waals surface area contributed by atoms with E-state index in [4.69, 9.17) is 11.6 Å². The number of benzene rings is 1. The molecule has 19 heavy (non-hydrogen) atoms. The average Bonchev–Trinajstić information content (AvgIpc) is 2.37. The van der Waals surface area contributed by atoms with Crippen LogP contribution < -0.4 is 0 Å². The zero-order valence-corrected chi connectivity index (χ0v) is 10.5. The summed E-state index contributed by atoms with van der Waals surface area (Å²) in [6.07, 6.45) is -2.66. The molecule has 0 N–H and O–H groups in total. The molecular formula is C11H11ClF2N2O3. The van der Waals surface area contributed by atoms with Gasteiger partial charge in [0.25, 0.3) is 18.0 Å². The van der Waals surface area contributed by atoms with E-state index >= 15 is 0 Å². The van der Waals surface area contributed by atoms with Gasteiger partial charge in [0.2, 0.25) is 0 Å². The van der Waals surface area contributed by atoms with Gasteiger partial charge >= 0.3 is 0 Å². The fourth-order valence-corrected chi connectivity index (χ4v) is 1.66. The van der Waals surface area contributed by atoms with Gasteiger partial charge in [0.1, 0.15) is 0 Å². The number of nitrogens with zero attached hydrogens (tertiary/aromatic N) is 2. The Balaban J connectivity index is 2.86. The molecule has 1 rings (SSSR count). The van der Waals surface area contributed by atoms with E-state index in [1.54, 1.807) is 0 Å². The lowest BCUT2D eigenvalue weighted by Gasteiger charge is -2.21. The third-order valence-corrected chi connectivity index (χ3v) is 2.49. The van der Waals surface area contributed by atoms with Gasteiger partial charge in [0.05, 0.1) is 11.5 Å². The van der Waals surface area contributed by atoms with Crippen molar-refractivity contribution in [3.63, 3.8) is 0 Å². The Morgan fingerprint density at radius 2 is 1.95 bits per heavy atom. The summed E-state index contributed by atoms with van der Waals surface area (Å²) in [5.41, 5.74) is -0.0642. The summed E-state index contributed by atoms with van der Waals surface area (Å²) in [4.78, 5) is 22.7. The first-order valence-corrected chi connectivity index (χ1v) is 5.87. The third kappa shape index (κ3) is 4.44. The third-order valence-electron chi connectivity index (χ3n) is 2.33. The van der Waals surface area contributed by atoms with Gasteiger partial charge in [-0.2, -0.15) is 0 Å². The number of nitro groups is 1. The van der Waals surface area contributed by atoms with E-state index in [-0.39, 0.29) is 23.7 Å². The van der Waals surface area contributed by atoms with Crippen LogP contribution in [-0.4, -0.2) is 41.1 Å². The highest BCUT2D eigenvalue weighted by Gasteiger charge is 2.19. The highest BCUT2D eigenvalue weighted by atomic mass is 35.5. The van der Waals surface area contributed by atoms with Gasteiger partial charge in [-0.1, -0.05) is 0 Å². The molecule has 0 heterocycles. The van der Waals surface area contributed by atoms with Crippen molar-refractivity contribution in [1.82, 2.24) is 4.90 Å². The number of hydrogen-bond donors (Lipinski definition) is 0. The van der Waals surface area contributed by atoms with Crippen molar-refractivity contribution < 1.29 is 18.5 Å². The first-order chi connectivity index (χ1) is 8.95. The molecule has 1 aromatic rings. The molecule has 0 aromatic heterocycles. The van der Waals surface area contributed by atoms with Crippen LogP contribution in [-0.2, 0) is 0 Å². The van der Waals surface area contributed by atoms with Gasteiger partial charge in [0.15, 0.2) is 0 Å². The van der Waals surface area contributed by atoms with Crippen molar-refractivity contribution in [2.24, 2.45) is 0 Å². The maximum absolute atomic E-state index is 12.3. The number of non-ortho nitro benzene ring substituents is 1. The van der Waals surface area contributed by atoms with Crippen LogP contribution in [0.2, 0.25) is 0 Å². The predicted octanol–water partition coefficient (Wildman–Crippen LogP) is 2.54. The molecule has 0 atom stereocenters. The minimum atomic E-state index is -2.66. The fraction of sp³-hybridized carbons (Fsp3) is 0.364. The maximum Gasteiger partial charge on any atom is 0.269 e. The van der Waals surface area contributed by atoms with E-state index < -0.39 is 23.8 Å². The predicted molar refractivity (Wildman–Crippen MR) is 65.7 cm³/mol. The molecule has 0 spiro atoms. The number of amides is 1. The van der Waals surface area contributed by atoms with Crippen LogP contribution in [0, 0.1) is 10.1 Å². The van der Waals surface area contributed by atoms with Crippen molar-refractivity contribution in [2.45, 2.75) is 6.43 Å². The Kier molecular flexibility index (Phi) is 5.62. The van der Waals surface area contributed by atoms with Crippen molar-refractivity contribution in [1.29, 1.82) is 0 Å². The lowest BCUT2D eigenvalue weighted by atomic mass is 10.2. The van der Waals surface area contributed by atoms with Gasteiger partial charge < -0.3 is 4.90 Å². The van der Waals surface area contributed by atoms with Crippen molar-refractivity contribution in [3.05, 3.63) is 39.9 Å². The quantitative estimate of drug-likeness (QED) is 0.460. The van der Waals surface area contributed by atoms with Crippen LogP contribution in [0.5, 0.6) is 0 Å². The molecule has 0 aliphatic rings. The van der Waals surface area contributed by atoms with E-state index in [1.165, 1.54) is 12.1 Å². The van der Waals surface area contributed by atoms with Crippen LogP contribution in [0.15, 0.2) is 24.3 Å². The largest absolute Gasteiger partial charge is 0.332 e. The monoisotopic (exact) mass is 292 g/mol. The zero-order chi connectivity index (χ0) is 14.4. The first kappa shape index (κ1) is 15.3. The number of halogens is 3. The minimum absolute atomic E-state index is 0.0122. The maximum atomic E-state index is 12.3. The molecule has 1 aromatic carbocycles. The summed E-state index contributed by atoms with van der Waals surface area (Å²) in [6.45, 7) is -0.732. The number of carbonyl (C=O) groups is 1.